The second-order valence-electron chi connectivity index (χ2n) is 5.66. The lowest BCUT2D eigenvalue weighted by Gasteiger charge is -2.34. The Hall–Kier alpha value is -1.40. The summed E-state index contributed by atoms with van der Waals surface area (Å²) in [6, 6.07) is 2.34. The van der Waals surface area contributed by atoms with E-state index in [1.807, 2.05) is 20.0 Å². The minimum absolute atomic E-state index is 0.0343. The second kappa shape index (κ2) is 6.85. The Morgan fingerprint density at radius 1 is 1.55 bits per heavy atom. The summed E-state index contributed by atoms with van der Waals surface area (Å²) in [6.07, 6.45) is 2.26. The fourth-order valence-electron chi connectivity index (χ4n) is 2.54. The van der Waals surface area contributed by atoms with Gasteiger partial charge in [-0.15, -0.1) is 0 Å². The van der Waals surface area contributed by atoms with E-state index in [2.05, 4.69) is 27.3 Å². The zero-order valence-electron chi connectivity index (χ0n) is 12.6. The summed E-state index contributed by atoms with van der Waals surface area (Å²) in [5.74, 6) is 0.796. The molecule has 0 unspecified atom stereocenters. The van der Waals surface area contributed by atoms with Gasteiger partial charge in [-0.05, 0) is 47.0 Å². The molecule has 6 nitrogen and oxygen atoms in total. The van der Waals surface area contributed by atoms with Crippen molar-refractivity contribution >= 4 is 5.91 Å². The quantitative estimate of drug-likeness (QED) is 0.857. The fraction of sp³-hybridized carbons (Fsp3) is 0.714. The van der Waals surface area contributed by atoms with E-state index in [9.17, 15) is 4.79 Å². The Balaban J connectivity index is 1.71. The predicted octanol–water partition coefficient (Wildman–Crippen LogP) is 0.625. The van der Waals surface area contributed by atoms with E-state index in [0.29, 0.717) is 19.1 Å². The first-order valence-corrected chi connectivity index (χ1v) is 7.12. The van der Waals surface area contributed by atoms with Gasteiger partial charge >= 0.3 is 0 Å². The fourth-order valence-corrected chi connectivity index (χ4v) is 2.54. The third kappa shape index (κ3) is 4.31. The number of carbonyl (C=O) groups excluding carboxylic acids is 1. The summed E-state index contributed by atoms with van der Waals surface area (Å²) < 4.78 is 4.97. The van der Waals surface area contributed by atoms with Gasteiger partial charge in [0.2, 0.25) is 5.91 Å². The predicted molar refractivity (Wildman–Crippen MR) is 76.2 cm³/mol. The number of hydrogen-bond acceptors (Lipinski definition) is 5. The molecule has 1 N–H and O–H groups in total. The van der Waals surface area contributed by atoms with Crippen molar-refractivity contribution in [2.75, 3.05) is 33.7 Å². The molecule has 0 radical (unpaired) electrons. The number of piperidine rings is 1. The number of aromatic nitrogens is 1. The Bertz CT molecular complexity index is 438. The Kier molecular flexibility index (Phi) is 5.14. The molecule has 2 rings (SSSR count). The van der Waals surface area contributed by atoms with E-state index in [0.717, 1.165) is 37.4 Å². The minimum atomic E-state index is 0.0343. The van der Waals surface area contributed by atoms with Gasteiger partial charge in [0.1, 0.15) is 11.5 Å². The third-order valence-corrected chi connectivity index (χ3v) is 3.85. The maximum absolute atomic E-state index is 11.9. The molecule has 0 spiro atoms. The first kappa shape index (κ1) is 15.0. The number of likely N-dealkylation sites (tertiary alicyclic amines) is 1. The van der Waals surface area contributed by atoms with E-state index >= 15 is 0 Å². The van der Waals surface area contributed by atoms with Crippen LogP contribution in [0.25, 0.3) is 0 Å². The van der Waals surface area contributed by atoms with Crippen LogP contribution in [0.1, 0.15) is 24.3 Å². The Morgan fingerprint density at radius 2 is 2.25 bits per heavy atom. The average Bonchev–Trinajstić information content (AvgIpc) is 2.83. The van der Waals surface area contributed by atoms with Gasteiger partial charge in [-0.2, -0.15) is 0 Å². The average molecular weight is 280 g/mol. The first-order chi connectivity index (χ1) is 9.54. The zero-order valence-corrected chi connectivity index (χ0v) is 12.6. The normalized spacial score (nSPS) is 17.6. The first-order valence-electron chi connectivity index (χ1n) is 7.12. The summed E-state index contributed by atoms with van der Waals surface area (Å²) in [6.45, 7) is 4.92. The number of hydrogen-bond donors (Lipinski definition) is 1. The van der Waals surface area contributed by atoms with Crippen LogP contribution in [0.2, 0.25) is 0 Å². The van der Waals surface area contributed by atoms with Crippen molar-refractivity contribution in [1.29, 1.82) is 0 Å². The Labute approximate surface area is 120 Å². The van der Waals surface area contributed by atoms with Crippen molar-refractivity contribution in [3.05, 3.63) is 17.5 Å². The van der Waals surface area contributed by atoms with E-state index in [1.165, 1.54) is 0 Å². The van der Waals surface area contributed by atoms with E-state index < -0.39 is 0 Å². The van der Waals surface area contributed by atoms with Crippen LogP contribution >= 0.6 is 0 Å². The molecule has 1 fully saturated rings. The number of likely N-dealkylation sites (N-methyl/N-ethyl adjacent to an activating group) is 1. The standard InChI is InChI=1S/C14H24N4O2/c1-11-8-12(16-20-11)9-15-14(19)10-18(3)13-4-6-17(2)7-5-13/h8,13H,4-7,9-10H2,1-3H3,(H,15,19). The van der Waals surface area contributed by atoms with Gasteiger partial charge in [-0.1, -0.05) is 5.16 Å². The third-order valence-electron chi connectivity index (χ3n) is 3.85. The molecule has 0 aromatic carbocycles. The molecule has 1 aliphatic rings. The minimum Gasteiger partial charge on any atom is -0.361 e. The van der Waals surface area contributed by atoms with Crippen molar-refractivity contribution in [2.24, 2.45) is 0 Å². The molecule has 6 heteroatoms. The molecule has 20 heavy (non-hydrogen) atoms. The lowest BCUT2D eigenvalue weighted by atomic mass is 10.0. The second-order valence-corrected chi connectivity index (χ2v) is 5.66. The molecule has 1 aromatic rings. The number of rotatable bonds is 5. The van der Waals surface area contributed by atoms with Crippen molar-refractivity contribution in [2.45, 2.75) is 32.4 Å². The van der Waals surface area contributed by atoms with Crippen LogP contribution in [0.3, 0.4) is 0 Å². The maximum Gasteiger partial charge on any atom is 0.234 e. The highest BCUT2D eigenvalue weighted by Gasteiger charge is 2.21. The molecular weight excluding hydrogens is 256 g/mol. The molecule has 1 aliphatic heterocycles. The van der Waals surface area contributed by atoms with Gasteiger partial charge in [0.05, 0.1) is 13.1 Å². The number of amides is 1. The van der Waals surface area contributed by atoms with Crippen LogP contribution in [0.15, 0.2) is 10.6 Å². The van der Waals surface area contributed by atoms with Gasteiger partial charge in [0.15, 0.2) is 0 Å². The largest absolute Gasteiger partial charge is 0.361 e. The van der Waals surface area contributed by atoms with Gasteiger partial charge in [-0.25, -0.2) is 0 Å². The van der Waals surface area contributed by atoms with Gasteiger partial charge in [0.25, 0.3) is 0 Å². The zero-order chi connectivity index (χ0) is 14.5. The molecule has 0 bridgehead atoms. The van der Waals surface area contributed by atoms with Crippen LogP contribution in [0.5, 0.6) is 0 Å². The molecule has 1 aromatic heterocycles. The number of nitrogens with one attached hydrogen (secondary N) is 1. The summed E-state index contributed by atoms with van der Waals surface area (Å²) in [5.41, 5.74) is 0.762. The van der Waals surface area contributed by atoms with Crippen molar-refractivity contribution in [3.8, 4) is 0 Å². The highest BCUT2D eigenvalue weighted by molar-refractivity contribution is 5.77. The van der Waals surface area contributed by atoms with Crippen LogP contribution in [0.4, 0.5) is 0 Å². The smallest absolute Gasteiger partial charge is 0.234 e. The van der Waals surface area contributed by atoms with E-state index in [1.54, 1.807) is 0 Å². The maximum atomic E-state index is 11.9. The van der Waals surface area contributed by atoms with E-state index in [4.69, 9.17) is 4.52 Å². The van der Waals surface area contributed by atoms with Crippen LogP contribution in [-0.4, -0.2) is 60.6 Å². The molecular formula is C14H24N4O2. The summed E-state index contributed by atoms with van der Waals surface area (Å²) in [4.78, 5) is 16.4. The molecule has 0 aliphatic carbocycles. The summed E-state index contributed by atoms with van der Waals surface area (Å²) >= 11 is 0. The van der Waals surface area contributed by atoms with Crippen LogP contribution < -0.4 is 5.32 Å². The number of aryl methyl sites for hydroxylation is 1. The molecule has 2 heterocycles. The lowest BCUT2D eigenvalue weighted by molar-refractivity contribution is -0.122. The molecule has 0 saturated carbocycles. The topological polar surface area (TPSA) is 61.6 Å². The summed E-state index contributed by atoms with van der Waals surface area (Å²) in [7, 11) is 4.17. The van der Waals surface area contributed by atoms with Crippen molar-refractivity contribution < 1.29 is 9.32 Å². The van der Waals surface area contributed by atoms with Crippen molar-refractivity contribution in [1.82, 2.24) is 20.3 Å². The van der Waals surface area contributed by atoms with E-state index in [-0.39, 0.29) is 5.91 Å². The monoisotopic (exact) mass is 280 g/mol. The highest BCUT2D eigenvalue weighted by Crippen LogP contribution is 2.13. The molecule has 1 amide bonds. The number of nitrogens with zero attached hydrogens (tertiary/aromatic N) is 3. The Morgan fingerprint density at radius 3 is 2.85 bits per heavy atom. The SMILES string of the molecule is Cc1cc(CNC(=O)CN(C)C2CCN(C)CC2)no1. The van der Waals surface area contributed by atoms with Gasteiger partial charge in [0, 0.05) is 12.1 Å². The lowest BCUT2D eigenvalue weighted by Crippen LogP contribution is -2.45. The van der Waals surface area contributed by atoms with Gasteiger partial charge in [-0.3, -0.25) is 9.69 Å². The molecule has 112 valence electrons. The molecule has 1 saturated heterocycles. The number of carbonyl (C=O) groups is 1. The van der Waals surface area contributed by atoms with Crippen LogP contribution in [-0.2, 0) is 11.3 Å². The summed E-state index contributed by atoms with van der Waals surface area (Å²) in [5, 5.41) is 6.73. The van der Waals surface area contributed by atoms with Crippen molar-refractivity contribution in [3.63, 3.8) is 0 Å². The molecule has 0 atom stereocenters. The van der Waals surface area contributed by atoms with Gasteiger partial charge < -0.3 is 14.7 Å². The highest BCUT2D eigenvalue weighted by atomic mass is 16.5. The van der Waals surface area contributed by atoms with Crippen LogP contribution in [0, 0.1) is 6.92 Å².